The number of amides is 1. The summed E-state index contributed by atoms with van der Waals surface area (Å²) in [5.41, 5.74) is 1.26. The van der Waals surface area contributed by atoms with E-state index in [1.165, 1.54) is 19.2 Å². The van der Waals surface area contributed by atoms with E-state index in [0.29, 0.717) is 34.7 Å². The smallest absolute Gasteiger partial charge is 0.251 e. The van der Waals surface area contributed by atoms with Gasteiger partial charge in [0.1, 0.15) is 5.82 Å². The van der Waals surface area contributed by atoms with Crippen LogP contribution in [0, 0.1) is 5.82 Å². The van der Waals surface area contributed by atoms with Gasteiger partial charge in [0.15, 0.2) is 11.5 Å². The molecule has 0 heterocycles. The first-order chi connectivity index (χ1) is 11.0. The van der Waals surface area contributed by atoms with Crippen molar-refractivity contribution >= 4 is 21.8 Å². The molecule has 2 aromatic carbocycles. The summed E-state index contributed by atoms with van der Waals surface area (Å²) in [4.78, 5) is 12.3. The highest BCUT2D eigenvalue weighted by molar-refractivity contribution is 9.10. The summed E-state index contributed by atoms with van der Waals surface area (Å²) in [6, 6.07) is 9.28. The third kappa shape index (κ3) is 4.45. The summed E-state index contributed by atoms with van der Waals surface area (Å²) in [5, 5.41) is 2.79. The quantitative estimate of drug-likeness (QED) is 0.824. The highest BCUT2D eigenvalue weighted by atomic mass is 79.9. The first-order valence-electron chi connectivity index (χ1n) is 7.08. The molecule has 0 saturated carbocycles. The minimum Gasteiger partial charge on any atom is -0.492 e. The molecule has 0 aliphatic rings. The van der Waals surface area contributed by atoms with Crippen molar-refractivity contribution in [1.82, 2.24) is 5.32 Å². The number of halogens is 2. The van der Waals surface area contributed by atoms with Crippen LogP contribution in [0.3, 0.4) is 0 Å². The lowest BCUT2D eigenvalue weighted by molar-refractivity contribution is 0.0950. The molecule has 2 rings (SSSR count). The van der Waals surface area contributed by atoms with Crippen LogP contribution in [0.4, 0.5) is 4.39 Å². The molecule has 122 valence electrons. The summed E-state index contributed by atoms with van der Waals surface area (Å²) in [6.45, 7) is 2.63. The van der Waals surface area contributed by atoms with Gasteiger partial charge < -0.3 is 14.8 Å². The molecule has 0 bridgehead atoms. The summed E-state index contributed by atoms with van der Waals surface area (Å²) in [5.74, 6) is 0.484. The van der Waals surface area contributed by atoms with E-state index < -0.39 is 0 Å². The summed E-state index contributed by atoms with van der Waals surface area (Å²) in [7, 11) is 1.54. The second-order valence-electron chi connectivity index (χ2n) is 4.73. The molecule has 2 aromatic rings. The Morgan fingerprint density at radius 2 is 1.96 bits per heavy atom. The van der Waals surface area contributed by atoms with E-state index in [4.69, 9.17) is 9.47 Å². The predicted molar refractivity (Wildman–Crippen MR) is 89.4 cm³/mol. The first kappa shape index (κ1) is 17.3. The molecule has 0 saturated heterocycles. The van der Waals surface area contributed by atoms with Crippen LogP contribution in [0.15, 0.2) is 40.9 Å². The van der Waals surface area contributed by atoms with Crippen LogP contribution in [0.2, 0.25) is 0 Å². The van der Waals surface area contributed by atoms with Crippen molar-refractivity contribution in [3.05, 3.63) is 57.8 Å². The Balaban J connectivity index is 2.13. The van der Waals surface area contributed by atoms with Gasteiger partial charge in [0.2, 0.25) is 0 Å². The van der Waals surface area contributed by atoms with Gasteiger partial charge in [-0.25, -0.2) is 4.39 Å². The monoisotopic (exact) mass is 381 g/mol. The van der Waals surface area contributed by atoms with Crippen molar-refractivity contribution in [1.29, 1.82) is 0 Å². The van der Waals surface area contributed by atoms with E-state index in [9.17, 15) is 9.18 Å². The number of ether oxygens (including phenoxy) is 2. The maximum atomic E-state index is 12.9. The van der Waals surface area contributed by atoms with E-state index in [0.717, 1.165) is 5.56 Å². The lowest BCUT2D eigenvalue weighted by Crippen LogP contribution is -2.23. The number of carbonyl (C=O) groups is 1. The molecule has 0 spiro atoms. The van der Waals surface area contributed by atoms with Crippen LogP contribution in [-0.4, -0.2) is 19.6 Å². The standard InChI is InChI=1S/C17H17BrFNO3/c1-3-23-15-9-12(8-14(18)16(15)22-2)17(21)20-10-11-4-6-13(19)7-5-11/h4-9H,3,10H2,1-2H3,(H,20,21). The van der Waals surface area contributed by atoms with E-state index in [-0.39, 0.29) is 11.7 Å². The van der Waals surface area contributed by atoms with Crippen LogP contribution in [0.1, 0.15) is 22.8 Å². The number of carbonyl (C=O) groups excluding carboxylic acids is 1. The number of hydrogen-bond donors (Lipinski definition) is 1. The zero-order valence-electron chi connectivity index (χ0n) is 12.9. The Labute approximate surface area is 142 Å². The number of nitrogens with one attached hydrogen (secondary N) is 1. The Kier molecular flexibility index (Phi) is 5.98. The summed E-state index contributed by atoms with van der Waals surface area (Å²) in [6.07, 6.45) is 0. The van der Waals surface area contributed by atoms with E-state index in [2.05, 4.69) is 21.2 Å². The molecule has 1 N–H and O–H groups in total. The zero-order chi connectivity index (χ0) is 16.8. The molecule has 23 heavy (non-hydrogen) atoms. The molecule has 0 aromatic heterocycles. The maximum absolute atomic E-state index is 12.9. The molecule has 0 unspecified atom stereocenters. The molecule has 4 nitrogen and oxygen atoms in total. The maximum Gasteiger partial charge on any atom is 0.251 e. The van der Waals surface area contributed by atoms with E-state index >= 15 is 0 Å². The number of methoxy groups -OCH3 is 1. The van der Waals surface area contributed by atoms with Gasteiger partial charge in [-0.1, -0.05) is 12.1 Å². The number of hydrogen-bond acceptors (Lipinski definition) is 3. The lowest BCUT2D eigenvalue weighted by atomic mass is 10.1. The molecule has 0 aliphatic carbocycles. The van der Waals surface area contributed by atoms with Gasteiger partial charge in [0.05, 0.1) is 18.2 Å². The van der Waals surface area contributed by atoms with Crippen LogP contribution < -0.4 is 14.8 Å². The second kappa shape index (κ2) is 7.97. The largest absolute Gasteiger partial charge is 0.492 e. The Hall–Kier alpha value is -2.08. The molecular weight excluding hydrogens is 365 g/mol. The van der Waals surface area contributed by atoms with Crippen molar-refractivity contribution in [2.45, 2.75) is 13.5 Å². The zero-order valence-corrected chi connectivity index (χ0v) is 14.4. The minimum atomic E-state index is -0.305. The van der Waals surface area contributed by atoms with Gasteiger partial charge in [0, 0.05) is 12.1 Å². The fourth-order valence-corrected chi connectivity index (χ4v) is 2.65. The normalized spacial score (nSPS) is 10.3. The molecule has 0 aliphatic heterocycles. The minimum absolute atomic E-state index is 0.251. The highest BCUT2D eigenvalue weighted by Crippen LogP contribution is 2.36. The molecule has 1 amide bonds. The van der Waals surface area contributed by atoms with Crippen molar-refractivity contribution in [3.8, 4) is 11.5 Å². The van der Waals surface area contributed by atoms with Crippen molar-refractivity contribution in [2.24, 2.45) is 0 Å². The van der Waals surface area contributed by atoms with Gasteiger partial charge in [0.25, 0.3) is 5.91 Å². The average molecular weight is 382 g/mol. The van der Waals surface area contributed by atoms with E-state index in [1.54, 1.807) is 24.3 Å². The summed E-state index contributed by atoms with van der Waals surface area (Å²) < 4.78 is 24.3. The van der Waals surface area contributed by atoms with Gasteiger partial charge in [-0.2, -0.15) is 0 Å². The van der Waals surface area contributed by atoms with Crippen LogP contribution >= 0.6 is 15.9 Å². The lowest BCUT2D eigenvalue weighted by Gasteiger charge is -2.13. The fourth-order valence-electron chi connectivity index (χ4n) is 2.05. The molecule has 0 radical (unpaired) electrons. The van der Waals surface area contributed by atoms with Crippen LogP contribution in [0.25, 0.3) is 0 Å². The Morgan fingerprint density at radius 1 is 1.26 bits per heavy atom. The van der Waals surface area contributed by atoms with Crippen LogP contribution in [-0.2, 0) is 6.54 Å². The van der Waals surface area contributed by atoms with Gasteiger partial charge in [-0.3, -0.25) is 4.79 Å². The molecular formula is C17H17BrFNO3. The van der Waals surface area contributed by atoms with Crippen molar-refractivity contribution in [2.75, 3.05) is 13.7 Å². The molecule has 0 fully saturated rings. The van der Waals surface area contributed by atoms with Gasteiger partial charge in [-0.05, 0) is 52.7 Å². The fraction of sp³-hybridized carbons (Fsp3) is 0.235. The van der Waals surface area contributed by atoms with Gasteiger partial charge in [-0.15, -0.1) is 0 Å². The predicted octanol–water partition coefficient (Wildman–Crippen LogP) is 3.93. The molecule has 6 heteroatoms. The molecule has 0 atom stereocenters. The Morgan fingerprint density at radius 3 is 2.57 bits per heavy atom. The van der Waals surface area contributed by atoms with Gasteiger partial charge >= 0.3 is 0 Å². The highest BCUT2D eigenvalue weighted by Gasteiger charge is 2.15. The second-order valence-corrected chi connectivity index (χ2v) is 5.59. The SMILES string of the molecule is CCOc1cc(C(=O)NCc2ccc(F)cc2)cc(Br)c1OC. The van der Waals surface area contributed by atoms with Crippen molar-refractivity contribution < 1.29 is 18.7 Å². The van der Waals surface area contributed by atoms with Crippen LogP contribution in [0.5, 0.6) is 11.5 Å². The number of rotatable bonds is 6. The number of benzene rings is 2. The Bertz CT molecular complexity index is 689. The van der Waals surface area contributed by atoms with Crippen molar-refractivity contribution in [3.63, 3.8) is 0 Å². The third-order valence-corrected chi connectivity index (χ3v) is 3.73. The average Bonchev–Trinajstić information content (AvgIpc) is 2.54. The van der Waals surface area contributed by atoms with E-state index in [1.807, 2.05) is 6.92 Å². The topological polar surface area (TPSA) is 47.6 Å². The summed E-state index contributed by atoms with van der Waals surface area (Å²) >= 11 is 3.37. The first-order valence-corrected chi connectivity index (χ1v) is 7.87. The third-order valence-electron chi connectivity index (χ3n) is 3.14.